The minimum Gasteiger partial charge on any atom is -0.381 e. The van der Waals surface area contributed by atoms with Crippen LogP contribution in [0.1, 0.15) is 79.1 Å². The van der Waals surface area contributed by atoms with Crippen molar-refractivity contribution in [2.45, 2.75) is 84.7 Å². The number of hydrogen-bond donors (Lipinski definition) is 0. The SMILES string of the molecule is C1CCC(COCC2CCCC2)C1.CCOC(C)(C)C. The second-order valence-electron chi connectivity index (χ2n) is 7.38. The van der Waals surface area contributed by atoms with Gasteiger partial charge in [0.25, 0.3) is 0 Å². The number of ether oxygens (including phenoxy) is 2. The van der Waals surface area contributed by atoms with E-state index in [2.05, 4.69) is 20.8 Å². The average Bonchev–Trinajstić information content (AvgIpc) is 3.00. The zero-order valence-corrected chi connectivity index (χ0v) is 14.2. The molecule has 2 fully saturated rings. The first kappa shape index (κ1) is 18.0. The van der Waals surface area contributed by atoms with Crippen LogP contribution < -0.4 is 0 Å². The summed E-state index contributed by atoms with van der Waals surface area (Å²) in [5.41, 5.74) is 0.0503. The Hall–Kier alpha value is -0.0800. The van der Waals surface area contributed by atoms with Crippen molar-refractivity contribution in [1.82, 2.24) is 0 Å². The third kappa shape index (κ3) is 8.97. The average molecular weight is 284 g/mol. The zero-order valence-electron chi connectivity index (χ0n) is 14.2. The minimum atomic E-state index is 0.0503. The van der Waals surface area contributed by atoms with Crippen LogP contribution in [0.4, 0.5) is 0 Å². The molecule has 0 bridgehead atoms. The van der Waals surface area contributed by atoms with Gasteiger partial charge in [-0.15, -0.1) is 0 Å². The maximum Gasteiger partial charge on any atom is 0.0598 e. The zero-order chi connectivity index (χ0) is 14.8. The van der Waals surface area contributed by atoms with E-state index in [1.54, 1.807) is 0 Å². The van der Waals surface area contributed by atoms with Gasteiger partial charge < -0.3 is 9.47 Å². The lowest BCUT2D eigenvalue weighted by molar-refractivity contribution is 0.00532. The van der Waals surface area contributed by atoms with Crippen LogP contribution in [0, 0.1) is 11.8 Å². The Kier molecular flexibility index (Phi) is 8.79. The molecule has 0 amide bonds. The molecule has 2 nitrogen and oxygen atoms in total. The van der Waals surface area contributed by atoms with Gasteiger partial charge in [0.1, 0.15) is 0 Å². The molecule has 0 saturated heterocycles. The highest BCUT2D eigenvalue weighted by molar-refractivity contribution is 4.69. The van der Waals surface area contributed by atoms with E-state index in [1.165, 1.54) is 51.4 Å². The molecule has 0 radical (unpaired) electrons. The Morgan fingerprint density at radius 3 is 1.45 bits per heavy atom. The Balaban J connectivity index is 0.000000246. The highest BCUT2D eigenvalue weighted by Gasteiger charge is 2.18. The topological polar surface area (TPSA) is 18.5 Å². The summed E-state index contributed by atoms with van der Waals surface area (Å²) in [6.07, 6.45) is 11.5. The summed E-state index contributed by atoms with van der Waals surface area (Å²) in [7, 11) is 0. The lowest BCUT2D eigenvalue weighted by Gasteiger charge is -2.17. The molecule has 0 unspecified atom stereocenters. The molecule has 20 heavy (non-hydrogen) atoms. The van der Waals surface area contributed by atoms with E-state index in [-0.39, 0.29) is 5.60 Å². The largest absolute Gasteiger partial charge is 0.381 e. The van der Waals surface area contributed by atoms with Crippen molar-refractivity contribution in [3.05, 3.63) is 0 Å². The van der Waals surface area contributed by atoms with Crippen LogP contribution in [-0.4, -0.2) is 25.4 Å². The van der Waals surface area contributed by atoms with Crippen molar-refractivity contribution in [3.63, 3.8) is 0 Å². The maximum atomic E-state index is 5.80. The summed E-state index contributed by atoms with van der Waals surface area (Å²) in [6.45, 7) is 11.1. The van der Waals surface area contributed by atoms with Gasteiger partial charge in [-0.3, -0.25) is 0 Å². The fourth-order valence-corrected chi connectivity index (χ4v) is 3.19. The van der Waals surface area contributed by atoms with Crippen LogP contribution >= 0.6 is 0 Å². The quantitative estimate of drug-likeness (QED) is 0.690. The fourth-order valence-electron chi connectivity index (χ4n) is 3.19. The summed E-state index contributed by atoms with van der Waals surface area (Å²) >= 11 is 0. The molecule has 0 N–H and O–H groups in total. The molecule has 0 aromatic heterocycles. The minimum absolute atomic E-state index is 0.0503. The molecule has 120 valence electrons. The number of hydrogen-bond acceptors (Lipinski definition) is 2. The predicted octanol–water partition coefficient (Wildman–Crippen LogP) is 5.20. The van der Waals surface area contributed by atoms with Gasteiger partial charge in [-0.25, -0.2) is 0 Å². The maximum absolute atomic E-state index is 5.80. The van der Waals surface area contributed by atoms with Crippen LogP contribution in [0.2, 0.25) is 0 Å². The molecular weight excluding hydrogens is 248 g/mol. The highest BCUT2D eigenvalue weighted by Crippen LogP contribution is 2.27. The van der Waals surface area contributed by atoms with Gasteiger partial charge in [0.05, 0.1) is 5.60 Å². The van der Waals surface area contributed by atoms with E-state index >= 15 is 0 Å². The smallest absolute Gasteiger partial charge is 0.0598 e. The second kappa shape index (κ2) is 9.78. The van der Waals surface area contributed by atoms with Gasteiger partial charge in [-0.05, 0) is 65.2 Å². The molecule has 0 atom stereocenters. The molecular formula is C18H36O2. The van der Waals surface area contributed by atoms with Gasteiger partial charge in [-0.2, -0.15) is 0 Å². The third-order valence-electron chi connectivity index (χ3n) is 4.23. The second-order valence-corrected chi connectivity index (χ2v) is 7.38. The lowest BCUT2D eigenvalue weighted by Crippen LogP contribution is -2.18. The van der Waals surface area contributed by atoms with Gasteiger partial charge in [0.2, 0.25) is 0 Å². The van der Waals surface area contributed by atoms with Crippen molar-refractivity contribution in [2.24, 2.45) is 11.8 Å². The highest BCUT2D eigenvalue weighted by atomic mass is 16.5. The monoisotopic (exact) mass is 284 g/mol. The Morgan fingerprint density at radius 1 is 0.800 bits per heavy atom. The molecule has 2 rings (SSSR count). The van der Waals surface area contributed by atoms with E-state index in [4.69, 9.17) is 9.47 Å². The van der Waals surface area contributed by atoms with Crippen LogP contribution in [0.15, 0.2) is 0 Å². The van der Waals surface area contributed by atoms with Gasteiger partial charge in [-0.1, -0.05) is 25.7 Å². The van der Waals surface area contributed by atoms with Crippen LogP contribution in [0.3, 0.4) is 0 Å². The first-order chi connectivity index (χ1) is 9.51. The van der Waals surface area contributed by atoms with E-state index in [0.29, 0.717) is 0 Å². The molecule has 2 aliphatic carbocycles. The lowest BCUT2D eigenvalue weighted by atomic mass is 10.1. The van der Waals surface area contributed by atoms with Crippen molar-refractivity contribution in [2.75, 3.05) is 19.8 Å². The fraction of sp³-hybridized carbons (Fsp3) is 1.00. The van der Waals surface area contributed by atoms with Gasteiger partial charge in [0, 0.05) is 19.8 Å². The Bertz CT molecular complexity index is 204. The summed E-state index contributed by atoms with van der Waals surface area (Å²) in [4.78, 5) is 0. The summed E-state index contributed by atoms with van der Waals surface area (Å²) in [5, 5.41) is 0. The van der Waals surface area contributed by atoms with Crippen LogP contribution in [0.5, 0.6) is 0 Å². The van der Waals surface area contributed by atoms with Gasteiger partial charge in [0.15, 0.2) is 0 Å². The summed E-state index contributed by atoms with van der Waals surface area (Å²) < 4.78 is 11.0. The van der Waals surface area contributed by atoms with E-state index in [1.807, 2.05) is 6.92 Å². The first-order valence-corrected chi connectivity index (χ1v) is 8.73. The molecule has 2 aliphatic rings. The van der Waals surface area contributed by atoms with Crippen LogP contribution in [0.25, 0.3) is 0 Å². The van der Waals surface area contributed by atoms with Crippen molar-refractivity contribution >= 4 is 0 Å². The first-order valence-electron chi connectivity index (χ1n) is 8.73. The molecule has 0 aromatic carbocycles. The summed E-state index contributed by atoms with van der Waals surface area (Å²) in [6, 6.07) is 0. The molecule has 0 aliphatic heterocycles. The molecule has 2 saturated carbocycles. The third-order valence-corrected chi connectivity index (χ3v) is 4.23. The Labute approximate surface area is 126 Å². The Morgan fingerprint density at radius 2 is 1.20 bits per heavy atom. The summed E-state index contributed by atoms with van der Waals surface area (Å²) in [5.74, 6) is 1.81. The normalized spacial score (nSPS) is 21.0. The standard InChI is InChI=1S/C12H22O.C6H14O/c1-2-6-11(5-1)9-13-10-12-7-3-4-8-12;1-5-7-6(2,3)4/h11-12H,1-10H2;5H2,1-4H3. The molecule has 0 spiro atoms. The van der Waals surface area contributed by atoms with Gasteiger partial charge >= 0.3 is 0 Å². The number of rotatable bonds is 5. The van der Waals surface area contributed by atoms with Crippen molar-refractivity contribution in [1.29, 1.82) is 0 Å². The van der Waals surface area contributed by atoms with E-state index < -0.39 is 0 Å². The predicted molar refractivity (Wildman–Crippen MR) is 86.1 cm³/mol. The van der Waals surface area contributed by atoms with E-state index in [9.17, 15) is 0 Å². The van der Waals surface area contributed by atoms with Crippen molar-refractivity contribution < 1.29 is 9.47 Å². The molecule has 0 aromatic rings. The molecule has 2 heteroatoms. The van der Waals surface area contributed by atoms with Crippen molar-refractivity contribution in [3.8, 4) is 0 Å². The molecule has 0 heterocycles. The van der Waals surface area contributed by atoms with E-state index in [0.717, 1.165) is 31.7 Å². The van der Waals surface area contributed by atoms with Crippen LogP contribution in [-0.2, 0) is 9.47 Å².